The monoisotopic (exact) mass is 419 g/mol. The quantitative estimate of drug-likeness (QED) is 0.522. The number of ether oxygens (including phenoxy) is 3. The van der Waals surface area contributed by atoms with Crippen LogP contribution < -0.4 is 9.47 Å². The zero-order chi connectivity index (χ0) is 16.1. The Hall–Kier alpha value is -1.18. The number of amides is 1. The minimum atomic E-state index is -0.221. The minimum absolute atomic E-state index is 0.221. The van der Waals surface area contributed by atoms with Crippen LogP contribution in [0.2, 0.25) is 0 Å². The summed E-state index contributed by atoms with van der Waals surface area (Å²) in [5.74, 6) is 1.94. The fourth-order valence-electron chi connectivity index (χ4n) is 2.42. The predicted octanol–water partition coefficient (Wildman–Crippen LogP) is 3.64. The van der Waals surface area contributed by atoms with Gasteiger partial charge in [0.15, 0.2) is 0 Å². The Kier molecular flexibility index (Phi) is 6.16. The highest BCUT2D eigenvalue weighted by Crippen LogP contribution is 2.38. The average molecular weight is 419 g/mol. The van der Waals surface area contributed by atoms with E-state index in [1.165, 1.54) is 0 Å². The zero-order valence-corrected chi connectivity index (χ0v) is 15.4. The lowest BCUT2D eigenvalue weighted by atomic mass is 9.91. The van der Waals surface area contributed by atoms with Crippen LogP contribution in [0.5, 0.6) is 11.5 Å². The summed E-state index contributed by atoms with van der Waals surface area (Å²) in [5, 5.41) is 0. The Bertz CT molecular complexity index is 529. The lowest BCUT2D eigenvalue weighted by molar-refractivity contribution is 0.0701. The van der Waals surface area contributed by atoms with E-state index < -0.39 is 0 Å². The van der Waals surface area contributed by atoms with E-state index in [0.717, 1.165) is 33.5 Å². The molecule has 1 fully saturated rings. The number of carbonyl (C=O) groups is 1. The van der Waals surface area contributed by atoms with E-state index in [2.05, 4.69) is 29.5 Å². The van der Waals surface area contributed by atoms with Gasteiger partial charge >= 0.3 is 6.09 Å². The van der Waals surface area contributed by atoms with Gasteiger partial charge in [-0.05, 0) is 41.1 Å². The summed E-state index contributed by atoms with van der Waals surface area (Å²) in [7, 11) is 3.32. The van der Waals surface area contributed by atoms with Crippen molar-refractivity contribution in [2.75, 3.05) is 33.9 Å². The van der Waals surface area contributed by atoms with Crippen LogP contribution in [0.15, 0.2) is 12.1 Å². The van der Waals surface area contributed by atoms with Crippen LogP contribution in [-0.4, -0.2) is 44.9 Å². The van der Waals surface area contributed by atoms with Crippen LogP contribution in [0, 0.1) is 3.57 Å². The summed E-state index contributed by atoms with van der Waals surface area (Å²) in [6.07, 6.45) is 1.71. The van der Waals surface area contributed by atoms with Gasteiger partial charge < -0.3 is 19.1 Å². The molecule has 0 atom stereocenters. The van der Waals surface area contributed by atoms with Gasteiger partial charge in [-0.25, -0.2) is 4.79 Å². The van der Waals surface area contributed by atoms with Gasteiger partial charge in [-0.2, -0.15) is 0 Å². The third-order valence-electron chi connectivity index (χ3n) is 3.81. The van der Waals surface area contributed by atoms with E-state index in [1.54, 1.807) is 19.1 Å². The molecule has 1 amide bonds. The van der Waals surface area contributed by atoms with E-state index in [9.17, 15) is 4.79 Å². The molecule has 22 heavy (non-hydrogen) atoms. The predicted molar refractivity (Wildman–Crippen MR) is 92.8 cm³/mol. The van der Waals surface area contributed by atoms with Gasteiger partial charge in [-0.1, -0.05) is 13.3 Å². The molecule has 2 rings (SSSR count). The molecule has 0 aliphatic carbocycles. The molecule has 122 valence electrons. The number of hydrogen-bond acceptors (Lipinski definition) is 4. The molecular formula is C16H22INO4. The van der Waals surface area contributed by atoms with Crippen molar-refractivity contribution in [2.45, 2.75) is 25.7 Å². The number of unbranched alkanes of at least 4 members (excludes halogenated alkanes) is 1. The summed E-state index contributed by atoms with van der Waals surface area (Å²) >= 11 is 2.22. The van der Waals surface area contributed by atoms with Crippen molar-refractivity contribution in [2.24, 2.45) is 0 Å². The molecule has 0 spiro atoms. The minimum Gasteiger partial charge on any atom is -0.496 e. The van der Waals surface area contributed by atoms with Crippen molar-refractivity contribution in [1.29, 1.82) is 0 Å². The highest BCUT2D eigenvalue weighted by molar-refractivity contribution is 14.1. The molecule has 1 aromatic rings. The van der Waals surface area contributed by atoms with E-state index in [4.69, 9.17) is 14.2 Å². The molecule has 1 heterocycles. The Morgan fingerprint density at radius 1 is 1.27 bits per heavy atom. The van der Waals surface area contributed by atoms with Crippen LogP contribution in [0.3, 0.4) is 0 Å². The number of nitrogens with zero attached hydrogens (tertiary/aromatic N) is 1. The van der Waals surface area contributed by atoms with Crippen LogP contribution in [0.4, 0.5) is 4.79 Å². The van der Waals surface area contributed by atoms with Gasteiger partial charge in [-0.3, -0.25) is 0 Å². The maximum atomic E-state index is 11.9. The number of methoxy groups -OCH3 is 2. The number of carbonyl (C=O) groups excluding carboxylic acids is 1. The summed E-state index contributed by atoms with van der Waals surface area (Å²) in [4.78, 5) is 13.6. The lowest BCUT2D eigenvalue weighted by Crippen LogP contribution is -2.48. The second-order valence-corrected chi connectivity index (χ2v) is 6.46. The van der Waals surface area contributed by atoms with Crippen molar-refractivity contribution in [3.05, 3.63) is 21.3 Å². The first-order valence-electron chi connectivity index (χ1n) is 7.43. The van der Waals surface area contributed by atoms with E-state index in [1.807, 2.05) is 12.1 Å². The molecule has 1 aliphatic heterocycles. The number of rotatable bonds is 6. The molecule has 0 bridgehead atoms. The Morgan fingerprint density at radius 2 is 1.95 bits per heavy atom. The molecule has 0 saturated carbocycles. The van der Waals surface area contributed by atoms with Crippen molar-refractivity contribution in [1.82, 2.24) is 4.90 Å². The Labute approximate surface area is 145 Å². The largest absolute Gasteiger partial charge is 0.496 e. The molecule has 1 saturated heterocycles. The maximum absolute atomic E-state index is 11.9. The smallest absolute Gasteiger partial charge is 0.409 e. The SMILES string of the molecule is CCCCOC(=O)N1CC(c2cc(OC)c(I)cc2OC)C1. The first kappa shape index (κ1) is 17.2. The molecule has 0 N–H and O–H groups in total. The number of halogens is 1. The molecule has 5 nitrogen and oxygen atoms in total. The van der Waals surface area contributed by atoms with E-state index in [0.29, 0.717) is 19.7 Å². The third-order valence-corrected chi connectivity index (χ3v) is 4.65. The number of hydrogen-bond donors (Lipinski definition) is 0. The fourth-order valence-corrected chi connectivity index (χ4v) is 3.08. The van der Waals surface area contributed by atoms with Gasteiger partial charge in [0.05, 0.1) is 24.4 Å². The molecule has 0 unspecified atom stereocenters. The maximum Gasteiger partial charge on any atom is 0.409 e. The first-order chi connectivity index (χ1) is 10.6. The highest BCUT2D eigenvalue weighted by atomic mass is 127. The molecule has 6 heteroatoms. The van der Waals surface area contributed by atoms with E-state index >= 15 is 0 Å². The van der Waals surface area contributed by atoms with Gasteiger partial charge in [0.1, 0.15) is 11.5 Å². The van der Waals surface area contributed by atoms with Crippen molar-refractivity contribution in [3.63, 3.8) is 0 Å². The average Bonchev–Trinajstić information content (AvgIpc) is 2.47. The van der Waals surface area contributed by atoms with E-state index in [-0.39, 0.29) is 12.0 Å². The van der Waals surface area contributed by atoms with Crippen LogP contribution in [0.25, 0.3) is 0 Å². The van der Waals surface area contributed by atoms with Crippen molar-refractivity contribution in [3.8, 4) is 11.5 Å². The van der Waals surface area contributed by atoms with Gasteiger partial charge in [-0.15, -0.1) is 0 Å². The summed E-state index contributed by atoms with van der Waals surface area (Å²) in [6, 6.07) is 3.97. The molecule has 1 aromatic carbocycles. The molecule has 0 aromatic heterocycles. The second-order valence-electron chi connectivity index (χ2n) is 5.30. The summed E-state index contributed by atoms with van der Waals surface area (Å²) in [5.41, 5.74) is 1.08. The molecule has 1 aliphatic rings. The molecule has 0 radical (unpaired) electrons. The van der Waals surface area contributed by atoms with Gasteiger partial charge in [0.25, 0.3) is 0 Å². The standard InChI is InChI=1S/C16H22INO4/c1-4-5-6-22-16(19)18-9-11(10-18)12-7-15(21-3)13(17)8-14(12)20-2/h7-8,11H,4-6,9-10H2,1-3H3. The first-order valence-corrected chi connectivity index (χ1v) is 8.51. The Balaban J connectivity index is 1.99. The lowest BCUT2D eigenvalue weighted by Gasteiger charge is -2.39. The number of likely N-dealkylation sites (tertiary alicyclic amines) is 1. The summed E-state index contributed by atoms with van der Waals surface area (Å²) < 4.78 is 17.1. The van der Waals surface area contributed by atoms with Crippen LogP contribution >= 0.6 is 22.6 Å². The Morgan fingerprint density at radius 3 is 2.55 bits per heavy atom. The zero-order valence-electron chi connectivity index (χ0n) is 13.2. The van der Waals surface area contributed by atoms with Crippen molar-refractivity contribution < 1.29 is 19.0 Å². The normalized spacial score (nSPS) is 14.5. The fraction of sp³-hybridized carbons (Fsp3) is 0.562. The topological polar surface area (TPSA) is 48.0 Å². The van der Waals surface area contributed by atoms with Crippen molar-refractivity contribution >= 4 is 28.7 Å². The van der Waals surface area contributed by atoms with Crippen LogP contribution in [-0.2, 0) is 4.74 Å². The van der Waals surface area contributed by atoms with Crippen LogP contribution in [0.1, 0.15) is 31.2 Å². The third kappa shape index (κ3) is 3.77. The second kappa shape index (κ2) is 7.89. The summed E-state index contributed by atoms with van der Waals surface area (Å²) in [6.45, 7) is 3.89. The molecular weight excluding hydrogens is 397 g/mol. The highest BCUT2D eigenvalue weighted by Gasteiger charge is 2.34. The number of benzene rings is 1. The van der Waals surface area contributed by atoms with Gasteiger partial charge in [0, 0.05) is 24.6 Å². The van der Waals surface area contributed by atoms with Gasteiger partial charge in [0.2, 0.25) is 0 Å².